The van der Waals surface area contributed by atoms with Crippen LogP contribution in [-0.4, -0.2) is 27.8 Å². The van der Waals surface area contributed by atoms with Crippen LogP contribution in [0.25, 0.3) is 23.1 Å². The highest BCUT2D eigenvalue weighted by atomic mass is 16.6. The van der Waals surface area contributed by atoms with E-state index >= 15 is 0 Å². The monoisotopic (exact) mass is 363 g/mol. The van der Waals surface area contributed by atoms with Crippen LogP contribution in [0, 0.1) is 10.1 Å². The second-order valence-electron chi connectivity index (χ2n) is 6.21. The van der Waals surface area contributed by atoms with Crippen molar-refractivity contribution < 1.29 is 10.0 Å². The van der Waals surface area contributed by atoms with Crippen molar-refractivity contribution in [2.24, 2.45) is 0 Å². The van der Waals surface area contributed by atoms with Gasteiger partial charge in [-0.15, -0.1) is 0 Å². The molecule has 1 aromatic heterocycles. The van der Waals surface area contributed by atoms with E-state index in [4.69, 9.17) is 0 Å². The van der Waals surface area contributed by atoms with E-state index in [0.29, 0.717) is 5.52 Å². The molecule has 0 amide bonds. The number of non-ortho nitro benzene ring substituents is 1. The molecule has 0 spiro atoms. The molecule has 3 rings (SSSR count). The number of fused-ring (bicyclic) bond motifs is 1. The lowest BCUT2D eigenvalue weighted by molar-refractivity contribution is -0.384. The van der Waals surface area contributed by atoms with E-state index < -0.39 is 11.2 Å². The number of pyridine rings is 1. The van der Waals surface area contributed by atoms with Crippen molar-refractivity contribution >= 4 is 34.4 Å². The Morgan fingerprint density at radius 3 is 2.52 bits per heavy atom. The van der Waals surface area contributed by atoms with Gasteiger partial charge in [-0.1, -0.05) is 24.3 Å². The van der Waals surface area contributed by atoms with Gasteiger partial charge in [-0.05, 0) is 49.8 Å². The van der Waals surface area contributed by atoms with Crippen molar-refractivity contribution in [1.29, 1.82) is 0 Å². The molecule has 1 N–H and O–H groups in total. The number of nitro benzene ring substituents is 1. The molecule has 138 valence electrons. The van der Waals surface area contributed by atoms with E-state index in [0.717, 1.165) is 28.9 Å². The molecular weight excluding hydrogens is 342 g/mol. The SMILES string of the molecule is CCN(c1ccc(C=Cc2ccc3cc([N+](=O)[O-])ccc3n2)cc1)C(C)O. The molecule has 0 saturated heterocycles. The van der Waals surface area contributed by atoms with Gasteiger partial charge in [0.1, 0.15) is 6.23 Å². The van der Waals surface area contributed by atoms with Crippen LogP contribution in [0.4, 0.5) is 11.4 Å². The average Bonchev–Trinajstić information content (AvgIpc) is 2.67. The Kier molecular flexibility index (Phi) is 5.47. The molecule has 3 aromatic rings. The van der Waals surface area contributed by atoms with Crippen LogP contribution in [0.5, 0.6) is 0 Å². The fourth-order valence-electron chi connectivity index (χ4n) is 2.96. The summed E-state index contributed by atoms with van der Waals surface area (Å²) >= 11 is 0. The van der Waals surface area contributed by atoms with Crippen LogP contribution >= 0.6 is 0 Å². The van der Waals surface area contributed by atoms with Gasteiger partial charge in [-0.25, -0.2) is 4.98 Å². The van der Waals surface area contributed by atoms with Gasteiger partial charge in [0.15, 0.2) is 0 Å². The maximum atomic E-state index is 10.9. The summed E-state index contributed by atoms with van der Waals surface area (Å²) in [7, 11) is 0. The third-order valence-electron chi connectivity index (χ3n) is 4.37. The van der Waals surface area contributed by atoms with Crippen molar-refractivity contribution in [3.63, 3.8) is 0 Å². The van der Waals surface area contributed by atoms with Crippen LogP contribution in [0.2, 0.25) is 0 Å². The summed E-state index contributed by atoms with van der Waals surface area (Å²) in [5, 5.41) is 21.4. The maximum absolute atomic E-state index is 10.9. The minimum Gasteiger partial charge on any atom is -0.374 e. The molecule has 0 saturated carbocycles. The molecule has 0 radical (unpaired) electrons. The highest BCUT2D eigenvalue weighted by molar-refractivity contribution is 5.83. The minimum atomic E-state index is -0.533. The first-order valence-corrected chi connectivity index (χ1v) is 8.76. The maximum Gasteiger partial charge on any atom is 0.270 e. The zero-order valence-electron chi connectivity index (χ0n) is 15.2. The number of hydrogen-bond donors (Lipinski definition) is 1. The molecular formula is C21H21N3O3. The lowest BCUT2D eigenvalue weighted by atomic mass is 10.1. The van der Waals surface area contributed by atoms with Gasteiger partial charge in [-0.2, -0.15) is 0 Å². The molecule has 1 unspecified atom stereocenters. The van der Waals surface area contributed by atoms with Crippen LogP contribution in [0.3, 0.4) is 0 Å². The van der Waals surface area contributed by atoms with Gasteiger partial charge in [0, 0.05) is 29.8 Å². The van der Waals surface area contributed by atoms with E-state index in [9.17, 15) is 15.2 Å². The minimum absolute atomic E-state index is 0.0611. The Morgan fingerprint density at radius 1 is 1.15 bits per heavy atom. The second kappa shape index (κ2) is 7.97. The zero-order chi connectivity index (χ0) is 19.4. The van der Waals surface area contributed by atoms with Crippen molar-refractivity contribution in [3.05, 3.63) is 76.0 Å². The lowest BCUT2D eigenvalue weighted by Gasteiger charge is -2.26. The van der Waals surface area contributed by atoms with Crippen LogP contribution in [0.15, 0.2) is 54.6 Å². The number of benzene rings is 2. The van der Waals surface area contributed by atoms with E-state index in [1.54, 1.807) is 13.0 Å². The number of aliphatic hydroxyl groups excluding tert-OH is 1. The third kappa shape index (κ3) is 4.30. The molecule has 6 nitrogen and oxygen atoms in total. The summed E-state index contributed by atoms with van der Waals surface area (Å²) in [5.41, 5.74) is 3.54. The fourth-order valence-corrected chi connectivity index (χ4v) is 2.96. The van der Waals surface area contributed by atoms with E-state index in [2.05, 4.69) is 4.98 Å². The number of rotatable bonds is 6. The Bertz CT molecular complexity index is 982. The molecule has 0 aliphatic heterocycles. The summed E-state index contributed by atoms with van der Waals surface area (Å²) in [6, 6.07) is 16.2. The number of anilines is 1. The lowest BCUT2D eigenvalue weighted by Crippen LogP contribution is -2.32. The average molecular weight is 363 g/mol. The topological polar surface area (TPSA) is 79.5 Å². The highest BCUT2D eigenvalue weighted by Crippen LogP contribution is 2.21. The number of nitrogens with zero attached hydrogens (tertiary/aromatic N) is 3. The van der Waals surface area contributed by atoms with Gasteiger partial charge >= 0.3 is 0 Å². The fraction of sp³-hybridized carbons (Fsp3) is 0.190. The Hall–Kier alpha value is -3.25. The van der Waals surface area contributed by atoms with E-state index in [1.807, 2.05) is 60.4 Å². The van der Waals surface area contributed by atoms with Gasteiger partial charge in [0.2, 0.25) is 0 Å². The number of aromatic nitrogens is 1. The second-order valence-corrected chi connectivity index (χ2v) is 6.21. The Labute approximate surface area is 157 Å². The van der Waals surface area contributed by atoms with Gasteiger partial charge in [0.25, 0.3) is 5.69 Å². The number of aliphatic hydroxyl groups is 1. The van der Waals surface area contributed by atoms with Crippen LogP contribution in [0.1, 0.15) is 25.1 Å². The summed E-state index contributed by atoms with van der Waals surface area (Å²) < 4.78 is 0. The quantitative estimate of drug-likeness (QED) is 0.397. The van der Waals surface area contributed by atoms with Crippen molar-refractivity contribution in [2.45, 2.75) is 20.1 Å². The molecule has 6 heteroatoms. The molecule has 0 aliphatic carbocycles. The summed E-state index contributed by atoms with van der Waals surface area (Å²) in [6.07, 6.45) is 3.33. The standard InChI is InChI=1S/C21H21N3O3/c1-3-23(15(2)25)19-10-5-16(6-11-19)4-8-18-9-7-17-14-20(24(26)27)12-13-21(17)22-18/h4-15,25H,3H2,1-2H3. The predicted molar refractivity (Wildman–Crippen MR) is 108 cm³/mol. The summed E-state index contributed by atoms with van der Waals surface area (Å²) in [6.45, 7) is 4.48. The van der Waals surface area contributed by atoms with Crippen molar-refractivity contribution in [1.82, 2.24) is 4.98 Å². The van der Waals surface area contributed by atoms with Crippen molar-refractivity contribution in [2.75, 3.05) is 11.4 Å². The van der Waals surface area contributed by atoms with Gasteiger partial charge in [0.05, 0.1) is 16.1 Å². The predicted octanol–water partition coefficient (Wildman–Crippen LogP) is 4.48. The first-order chi connectivity index (χ1) is 13.0. The number of nitro groups is 1. The van der Waals surface area contributed by atoms with Crippen LogP contribution < -0.4 is 4.90 Å². The first-order valence-electron chi connectivity index (χ1n) is 8.76. The summed E-state index contributed by atoms with van der Waals surface area (Å²) in [4.78, 5) is 16.9. The van der Waals surface area contributed by atoms with E-state index in [-0.39, 0.29) is 5.69 Å². The molecule has 2 aromatic carbocycles. The molecule has 0 fully saturated rings. The smallest absolute Gasteiger partial charge is 0.270 e. The third-order valence-corrected chi connectivity index (χ3v) is 4.37. The van der Waals surface area contributed by atoms with Crippen molar-refractivity contribution in [3.8, 4) is 0 Å². The molecule has 27 heavy (non-hydrogen) atoms. The van der Waals surface area contributed by atoms with E-state index in [1.165, 1.54) is 12.1 Å². The molecule has 0 bridgehead atoms. The largest absolute Gasteiger partial charge is 0.374 e. The molecule has 1 atom stereocenters. The molecule has 0 aliphatic rings. The normalized spacial score (nSPS) is 12.4. The highest BCUT2D eigenvalue weighted by Gasteiger charge is 2.09. The summed E-state index contributed by atoms with van der Waals surface area (Å²) in [5.74, 6) is 0. The zero-order valence-corrected chi connectivity index (χ0v) is 15.2. The Balaban J connectivity index is 1.79. The van der Waals surface area contributed by atoms with Crippen LogP contribution in [-0.2, 0) is 0 Å². The number of hydrogen-bond acceptors (Lipinski definition) is 5. The van der Waals surface area contributed by atoms with Gasteiger partial charge < -0.3 is 10.0 Å². The first kappa shape index (κ1) is 18.5. The molecule has 1 heterocycles. The Morgan fingerprint density at radius 2 is 1.89 bits per heavy atom. The van der Waals surface area contributed by atoms with Gasteiger partial charge in [-0.3, -0.25) is 10.1 Å².